The molecule has 0 bridgehead atoms. The standard InChI is InChI=1S/C21H29N5O2/c1-14-5-4-6-18(15(14)2)22-19(27)13-25-11-9-16(10-12-25)20-23-24(3)21(28)26(20)17-7-8-17/h4-6,16-17H,7-13H2,1-3H3,(H,22,27). The highest BCUT2D eigenvalue weighted by atomic mass is 16.2. The molecule has 0 spiro atoms. The Kier molecular flexibility index (Phi) is 5.10. The molecule has 1 aliphatic heterocycles. The molecule has 0 radical (unpaired) electrons. The fourth-order valence-corrected chi connectivity index (χ4v) is 4.08. The highest BCUT2D eigenvalue weighted by molar-refractivity contribution is 5.93. The highest BCUT2D eigenvalue weighted by Gasteiger charge is 2.33. The van der Waals surface area contributed by atoms with Gasteiger partial charge in [-0.25, -0.2) is 9.48 Å². The van der Waals surface area contributed by atoms with Gasteiger partial charge >= 0.3 is 5.69 Å². The first kappa shape index (κ1) is 18.9. The lowest BCUT2D eigenvalue weighted by molar-refractivity contribution is -0.117. The van der Waals surface area contributed by atoms with Crippen LogP contribution < -0.4 is 11.0 Å². The molecule has 1 aliphatic carbocycles. The van der Waals surface area contributed by atoms with Crippen molar-refractivity contribution in [1.82, 2.24) is 19.2 Å². The molecule has 1 aromatic carbocycles. The SMILES string of the molecule is Cc1cccc(NC(=O)CN2CCC(c3nn(C)c(=O)n3C3CC3)CC2)c1C. The van der Waals surface area contributed by atoms with E-state index in [1.165, 1.54) is 10.2 Å². The minimum absolute atomic E-state index is 0.00725. The van der Waals surface area contributed by atoms with Crippen LogP contribution in [0, 0.1) is 13.8 Å². The van der Waals surface area contributed by atoms with E-state index in [2.05, 4.69) is 28.3 Å². The predicted molar refractivity (Wildman–Crippen MR) is 109 cm³/mol. The molecule has 1 amide bonds. The maximum absolute atomic E-state index is 12.5. The molecule has 7 heteroatoms. The fraction of sp³-hybridized carbons (Fsp3) is 0.571. The summed E-state index contributed by atoms with van der Waals surface area (Å²) in [4.78, 5) is 27.0. The van der Waals surface area contributed by atoms with Gasteiger partial charge in [0.05, 0.1) is 6.54 Å². The molecule has 1 aromatic heterocycles. The normalized spacial score (nSPS) is 18.4. The molecule has 4 rings (SSSR count). The number of hydrogen-bond donors (Lipinski definition) is 1. The molecule has 1 saturated heterocycles. The first-order chi connectivity index (χ1) is 13.4. The van der Waals surface area contributed by atoms with E-state index in [0.29, 0.717) is 18.5 Å². The number of aromatic nitrogens is 3. The molecular formula is C21H29N5O2. The zero-order valence-corrected chi connectivity index (χ0v) is 16.9. The summed E-state index contributed by atoms with van der Waals surface area (Å²) in [5.41, 5.74) is 3.19. The van der Waals surface area contributed by atoms with Crippen LogP contribution in [0.1, 0.15) is 54.6 Å². The zero-order valence-electron chi connectivity index (χ0n) is 16.9. The van der Waals surface area contributed by atoms with Gasteiger partial charge < -0.3 is 5.32 Å². The Bertz CT molecular complexity index is 933. The molecule has 28 heavy (non-hydrogen) atoms. The van der Waals surface area contributed by atoms with Crippen LogP contribution >= 0.6 is 0 Å². The van der Waals surface area contributed by atoms with Crippen molar-refractivity contribution in [2.24, 2.45) is 7.05 Å². The van der Waals surface area contributed by atoms with Gasteiger partial charge in [-0.3, -0.25) is 14.3 Å². The monoisotopic (exact) mass is 383 g/mol. The predicted octanol–water partition coefficient (Wildman–Crippen LogP) is 2.35. The van der Waals surface area contributed by atoms with Crippen molar-refractivity contribution < 1.29 is 4.79 Å². The maximum Gasteiger partial charge on any atom is 0.345 e. The topological polar surface area (TPSA) is 72.2 Å². The minimum atomic E-state index is 0.00725. The number of likely N-dealkylation sites (tertiary alicyclic amines) is 1. The van der Waals surface area contributed by atoms with Gasteiger partial charge in [0.2, 0.25) is 5.91 Å². The summed E-state index contributed by atoms with van der Waals surface area (Å²) >= 11 is 0. The van der Waals surface area contributed by atoms with Gasteiger partial charge in [-0.05, 0) is 69.8 Å². The van der Waals surface area contributed by atoms with Crippen LogP contribution in [0.3, 0.4) is 0 Å². The Balaban J connectivity index is 1.35. The number of nitrogens with one attached hydrogen (secondary N) is 1. The largest absolute Gasteiger partial charge is 0.345 e. The third-order valence-corrected chi connectivity index (χ3v) is 6.09. The van der Waals surface area contributed by atoms with Gasteiger partial charge in [-0.1, -0.05) is 12.1 Å². The van der Waals surface area contributed by atoms with E-state index in [4.69, 9.17) is 0 Å². The Morgan fingerprint density at radius 2 is 1.89 bits per heavy atom. The van der Waals surface area contributed by atoms with Crippen LogP contribution in [-0.4, -0.2) is 44.8 Å². The van der Waals surface area contributed by atoms with E-state index in [1.54, 1.807) is 7.05 Å². The van der Waals surface area contributed by atoms with Gasteiger partial charge in [0.25, 0.3) is 0 Å². The molecule has 0 atom stereocenters. The molecule has 150 valence electrons. The summed E-state index contributed by atoms with van der Waals surface area (Å²) in [6.07, 6.45) is 4.02. The Labute approximate surface area is 165 Å². The first-order valence-electron chi connectivity index (χ1n) is 10.2. The number of anilines is 1. The van der Waals surface area contributed by atoms with Crippen LogP contribution in [0.5, 0.6) is 0 Å². The van der Waals surface area contributed by atoms with Crippen molar-refractivity contribution in [3.05, 3.63) is 45.6 Å². The fourth-order valence-electron chi connectivity index (χ4n) is 4.08. The number of nitrogens with zero attached hydrogens (tertiary/aromatic N) is 4. The lowest BCUT2D eigenvalue weighted by Crippen LogP contribution is -2.39. The lowest BCUT2D eigenvalue weighted by Gasteiger charge is -2.31. The van der Waals surface area contributed by atoms with Crippen LogP contribution in [0.15, 0.2) is 23.0 Å². The third kappa shape index (κ3) is 3.76. The van der Waals surface area contributed by atoms with Crippen LogP contribution in [-0.2, 0) is 11.8 Å². The number of hydrogen-bond acceptors (Lipinski definition) is 4. The van der Waals surface area contributed by atoms with Crippen molar-refractivity contribution in [1.29, 1.82) is 0 Å². The number of amides is 1. The summed E-state index contributed by atoms with van der Waals surface area (Å²) in [5, 5.41) is 7.57. The van der Waals surface area contributed by atoms with Crippen LogP contribution in [0.25, 0.3) is 0 Å². The third-order valence-electron chi connectivity index (χ3n) is 6.09. The van der Waals surface area contributed by atoms with E-state index >= 15 is 0 Å². The molecule has 2 aliphatic rings. The van der Waals surface area contributed by atoms with Crippen molar-refractivity contribution in [3.8, 4) is 0 Å². The van der Waals surface area contributed by atoms with Crippen molar-refractivity contribution >= 4 is 11.6 Å². The smallest absolute Gasteiger partial charge is 0.325 e. The molecule has 2 aromatic rings. The Hall–Kier alpha value is -2.41. The number of carbonyl (C=O) groups excluding carboxylic acids is 1. The molecule has 1 saturated carbocycles. The van der Waals surface area contributed by atoms with Crippen molar-refractivity contribution in [2.45, 2.75) is 51.5 Å². The quantitative estimate of drug-likeness (QED) is 0.860. The summed E-state index contributed by atoms with van der Waals surface area (Å²) in [5.74, 6) is 1.27. The Morgan fingerprint density at radius 1 is 1.18 bits per heavy atom. The Morgan fingerprint density at radius 3 is 2.57 bits per heavy atom. The van der Waals surface area contributed by atoms with E-state index in [0.717, 1.165) is 55.8 Å². The second-order valence-corrected chi connectivity index (χ2v) is 8.21. The molecular weight excluding hydrogens is 354 g/mol. The average Bonchev–Trinajstić information content (AvgIpc) is 3.46. The number of piperidine rings is 1. The van der Waals surface area contributed by atoms with Gasteiger partial charge in [0, 0.05) is 24.7 Å². The van der Waals surface area contributed by atoms with Gasteiger partial charge in [-0.2, -0.15) is 5.10 Å². The summed E-state index contributed by atoms with van der Waals surface area (Å²) in [7, 11) is 1.73. The number of rotatable bonds is 5. The minimum Gasteiger partial charge on any atom is -0.325 e. The second-order valence-electron chi connectivity index (χ2n) is 8.21. The molecule has 2 heterocycles. The van der Waals surface area contributed by atoms with Crippen molar-refractivity contribution in [3.63, 3.8) is 0 Å². The van der Waals surface area contributed by atoms with Crippen LogP contribution in [0.4, 0.5) is 5.69 Å². The number of aryl methyl sites for hydroxylation is 2. The van der Waals surface area contributed by atoms with Crippen molar-refractivity contribution in [2.75, 3.05) is 25.0 Å². The van der Waals surface area contributed by atoms with Gasteiger partial charge in [0.15, 0.2) is 0 Å². The van der Waals surface area contributed by atoms with Gasteiger partial charge in [0.1, 0.15) is 5.82 Å². The zero-order chi connectivity index (χ0) is 19.8. The second kappa shape index (κ2) is 7.54. The van der Waals surface area contributed by atoms with Crippen LogP contribution in [0.2, 0.25) is 0 Å². The first-order valence-corrected chi connectivity index (χ1v) is 10.2. The maximum atomic E-state index is 12.5. The van der Waals surface area contributed by atoms with E-state index in [1.807, 2.05) is 23.6 Å². The van der Waals surface area contributed by atoms with E-state index in [-0.39, 0.29) is 11.6 Å². The van der Waals surface area contributed by atoms with Gasteiger partial charge in [-0.15, -0.1) is 0 Å². The summed E-state index contributed by atoms with van der Waals surface area (Å²) < 4.78 is 3.38. The van der Waals surface area contributed by atoms with E-state index in [9.17, 15) is 9.59 Å². The molecule has 0 unspecified atom stereocenters. The molecule has 1 N–H and O–H groups in total. The molecule has 7 nitrogen and oxygen atoms in total. The van der Waals surface area contributed by atoms with E-state index < -0.39 is 0 Å². The average molecular weight is 383 g/mol. The summed E-state index contributed by atoms with van der Waals surface area (Å²) in [6.45, 7) is 6.18. The number of carbonyl (C=O) groups is 1. The lowest BCUT2D eigenvalue weighted by atomic mass is 9.96. The summed E-state index contributed by atoms with van der Waals surface area (Å²) in [6, 6.07) is 6.31. The highest BCUT2D eigenvalue weighted by Crippen LogP contribution is 2.37. The number of benzene rings is 1. The molecule has 2 fully saturated rings.